The van der Waals surface area contributed by atoms with E-state index in [2.05, 4.69) is 0 Å². The minimum atomic E-state index is -0.538. The van der Waals surface area contributed by atoms with Crippen molar-refractivity contribution in [1.82, 2.24) is 0 Å². The first-order valence-corrected chi connectivity index (χ1v) is 7.61. The zero-order chi connectivity index (χ0) is 17.2. The molecule has 2 heterocycles. The van der Waals surface area contributed by atoms with Crippen LogP contribution in [0.1, 0.15) is 0 Å². The average molecular weight is 332 g/mol. The molecule has 0 unspecified atom stereocenters. The van der Waals surface area contributed by atoms with Gasteiger partial charge in [0.25, 0.3) is 0 Å². The molecule has 5 aromatic rings. The minimum Gasteiger partial charge on any atom is -0.450 e. The highest BCUT2D eigenvalue weighted by atomic mass is 16.4. The average Bonchev–Trinajstić information content (AvgIpc) is 2.65. The maximum atomic E-state index is 12.3. The second kappa shape index (κ2) is 6.13. The number of rotatable bonds is 0. The third kappa shape index (κ3) is 2.95. The molecule has 25 heavy (non-hydrogen) atoms. The van der Waals surface area contributed by atoms with Gasteiger partial charge in [0.1, 0.15) is 0 Å². The maximum absolute atomic E-state index is 12.3. The first-order chi connectivity index (χ1) is 12.2. The van der Waals surface area contributed by atoms with Crippen LogP contribution in [0.2, 0.25) is 0 Å². The van der Waals surface area contributed by atoms with Gasteiger partial charge in [0.2, 0.25) is 0 Å². The number of hydrogen-bond acceptors (Lipinski definition) is 5. The molecule has 2 bridgehead atoms. The van der Waals surface area contributed by atoms with Gasteiger partial charge in [0.05, 0.1) is 10.8 Å². The fourth-order valence-electron chi connectivity index (χ4n) is 2.42. The fraction of sp³-hybridized carbons (Fsp3) is 0. The van der Waals surface area contributed by atoms with Gasteiger partial charge in [-0.15, -0.1) is 0 Å². The van der Waals surface area contributed by atoms with E-state index in [4.69, 9.17) is 13.3 Å². The van der Waals surface area contributed by atoms with E-state index >= 15 is 0 Å². The van der Waals surface area contributed by atoms with E-state index in [-0.39, 0.29) is 11.2 Å². The van der Waals surface area contributed by atoms with Crippen molar-refractivity contribution in [2.75, 3.05) is 0 Å². The first kappa shape index (κ1) is 15.0. The van der Waals surface area contributed by atoms with Crippen molar-refractivity contribution in [2.45, 2.75) is 0 Å². The summed E-state index contributed by atoms with van der Waals surface area (Å²) in [6.45, 7) is 0. The highest BCUT2D eigenvalue weighted by Crippen LogP contribution is 2.15. The van der Waals surface area contributed by atoms with Gasteiger partial charge < -0.3 is 13.3 Å². The summed E-state index contributed by atoms with van der Waals surface area (Å²) in [5.41, 5.74) is 0.157. The molecule has 0 spiro atoms. The van der Waals surface area contributed by atoms with Crippen LogP contribution in [0.15, 0.2) is 95.6 Å². The fourth-order valence-corrected chi connectivity index (χ4v) is 2.42. The largest absolute Gasteiger partial charge is 0.450 e. The smallest absolute Gasteiger partial charge is 0.343 e. The summed E-state index contributed by atoms with van der Waals surface area (Å²) in [6, 6.07) is 19.7. The third-order valence-electron chi connectivity index (χ3n) is 3.68. The number of fused-ring (bicyclic) bond motifs is 4. The van der Waals surface area contributed by atoms with E-state index < -0.39 is 11.3 Å². The summed E-state index contributed by atoms with van der Waals surface area (Å²) in [5.74, 6) is 0. The number of para-hydroxylation sites is 4. The molecule has 0 fully saturated rings. The van der Waals surface area contributed by atoms with Crippen LogP contribution in [0.4, 0.5) is 0 Å². The lowest BCUT2D eigenvalue weighted by atomic mass is 10.2. The number of hydrogen-bond donors (Lipinski definition) is 0. The van der Waals surface area contributed by atoms with Gasteiger partial charge in [-0.2, -0.15) is 0 Å². The van der Waals surface area contributed by atoms with Crippen LogP contribution in [0.25, 0.3) is 33.1 Å². The molecule has 5 nitrogen and oxygen atoms in total. The minimum absolute atomic E-state index is 0.275. The number of benzene rings is 3. The molecule has 0 amide bonds. The van der Waals surface area contributed by atoms with Crippen LogP contribution < -0.4 is 11.3 Å². The lowest BCUT2D eigenvalue weighted by Crippen LogP contribution is -1.97. The molecule has 5 rings (SSSR count). The summed E-state index contributed by atoms with van der Waals surface area (Å²) in [7, 11) is 0. The van der Waals surface area contributed by atoms with E-state index in [0.29, 0.717) is 21.9 Å². The molecule has 0 aliphatic rings. The SMILES string of the molecule is O=c1oc2ccccc2oc2ccccc2oc(=O)c2ccc1cc2. The maximum Gasteiger partial charge on any atom is 0.343 e. The summed E-state index contributed by atoms with van der Waals surface area (Å²) in [6.07, 6.45) is 0. The van der Waals surface area contributed by atoms with E-state index in [1.807, 2.05) is 0 Å². The lowest BCUT2D eigenvalue weighted by molar-refractivity contribution is 0.547. The van der Waals surface area contributed by atoms with Crippen LogP contribution in [0.5, 0.6) is 0 Å². The van der Waals surface area contributed by atoms with Crippen molar-refractivity contribution in [3.05, 3.63) is 93.6 Å². The molecule has 122 valence electrons. The van der Waals surface area contributed by atoms with Gasteiger partial charge in [-0.3, -0.25) is 0 Å². The Bertz CT molecular complexity index is 1170. The van der Waals surface area contributed by atoms with Gasteiger partial charge in [0.15, 0.2) is 22.3 Å². The predicted molar refractivity (Wildman–Crippen MR) is 94.7 cm³/mol. The van der Waals surface area contributed by atoms with E-state index in [1.54, 1.807) is 48.5 Å². The Morgan fingerprint density at radius 2 is 0.760 bits per heavy atom. The Kier molecular flexibility index (Phi) is 3.67. The lowest BCUT2D eigenvalue weighted by Gasteiger charge is -1.93. The second-order valence-electron chi connectivity index (χ2n) is 5.35. The molecular formula is C20H12O5. The van der Waals surface area contributed by atoms with Crippen LogP contribution in [0, 0.1) is 0 Å². The molecule has 0 aliphatic heterocycles. The summed E-state index contributed by atoms with van der Waals surface area (Å²) in [5, 5.41) is 0.645. The Morgan fingerprint density at radius 3 is 1.12 bits per heavy atom. The van der Waals surface area contributed by atoms with Crippen molar-refractivity contribution in [1.29, 1.82) is 0 Å². The van der Waals surface area contributed by atoms with Gasteiger partial charge in [-0.25, -0.2) is 9.59 Å². The highest BCUT2D eigenvalue weighted by Gasteiger charge is 2.00. The first-order valence-electron chi connectivity index (χ1n) is 7.61. The Morgan fingerprint density at radius 1 is 0.440 bits per heavy atom. The summed E-state index contributed by atoms with van der Waals surface area (Å²) >= 11 is 0. The molecule has 2 aromatic heterocycles. The van der Waals surface area contributed by atoms with Crippen LogP contribution in [0.3, 0.4) is 0 Å². The summed E-state index contributed by atoms with van der Waals surface area (Å²) < 4.78 is 16.7. The standard InChI is InChI=1S/C20H12O5/c21-19-13-9-11-14(12-10-13)20(22)25-18-8-4-2-6-16(18)23-15-5-1-3-7-17(15)24-19/h1-12H. The van der Waals surface area contributed by atoms with Gasteiger partial charge in [0, 0.05) is 0 Å². The summed E-state index contributed by atoms with van der Waals surface area (Å²) in [4.78, 5) is 24.6. The molecule has 0 atom stereocenters. The molecule has 0 aliphatic carbocycles. The third-order valence-corrected chi connectivity index (χ3v) is 3.68. The van der Waals surface area contributed by atoms with Crippen molar-refractivity contribution < 1.29 is 13.3 Å². The second-order valence-corrected chi connectivity index (χ2v) is 5.35. The van der Waals surface area contributed by atoms with Crippen molar-refractivity contribution in [3.8, 4) is 0 Å². The molecule has 0 N–H and O–H groups in total. The van der Waals surface area contributed by atoms with E-state index in [9.17, 15) is 9.59 Å². The van der Waals surface area contributed by atoms with Crippen LogP contribution in [-0.4, -0.2) is 0 Å². The van der Waals surface area contributed by atoms with Crippen LogP contribution in [-0.2, 0) is 0 Å². The van der Waals surface area contributed by atoms with Gasteiger partial charge in [-0.1, -0.05) is 24.3 Å². The molecular weight excluding hydrogens is 320 g/mol. The molecule has 0 saturated carbocycles. The molecule has 5 heteroatoms. The van der Waals surface area contributed by atoms with Gasteiger partial charge in [-0.05, 0) is 48.5 Å². The van der Waals surface area contributed by atoms with Crippen molar-refractivity contribution in [3.63, 3.8) is 0 Å². The van der Waals surface area contributed by atoms with Crippen molar-refractivity contribution >= 4 is 33.1 Å². The monoisotopic (exact) mass is 332 g/mol. The van der Waals surface area contributed by atoms with Crippen LogP contribution >= 0.6 is 0 Å². The zero-order valence-corrected chi connectivity index (χ0v) is 13.0. The Labute approximate surface area is 140 Å². The van der Waals surface area contributed by atoms with Gasteiger partial charge >= 0.3 is 11.3 Å². The Hall–Kier alpha value is -3.60. The predicted octanol–water partition coefficient (Wildman–Crippen LogP) is 4.33. The quantitative estimate of drug-likeness (QED) is 0.479. The van der Waals surface area contributed by atoms with E-state index in [1.165, 1.54) is 24.3 Å². The van der Waals surface area contributed by atoms with Crippen molar-refractivity contribution in [2.24, 2.45) is 0 Å². The topological polar surface area (TPSA) is 73.6 Å². The van der Waals surface area contributed by atoms with E-state index in [0.717, 1.165) is 0 Å². The zero-order valence-electron chi connectivity index (χ0n) is 13.0. The normalized spacial score (nSPS) is 10.7. The molecule has 0 saturated heterocycles. The highest BCUT2D eigenvalue weighted by molar-refractivity contribution is 5.74. The Balaban J connectivity index is 2.33. The molecule has 3 aromatic carbocycles. The molecule has 0 radical (unpaired) electrons.